The minimum absolute atomic E-state index is 0.0464. The van der Waals surface area contributed by atoms with E-state index >= 15 is 0 Å². The van der Waals surface area contributed by atoms with E-state index in [4.69, 9.17) is 4.74 Å². The summed E-state index contributed by atoms with van der Waals surface area (Å²) in [5.41, 5.74) is -0.101. The zero-order chi connectivity index (χ0) is 13.5. The molecule has 0 aromatic heterocycles. The first-order valence-corrected chi connectivity index (χ1v) is 9.20. The number of hydrogen-bond acceptors (Lipinski definition) is 4. The van der Waals surface area contributed by atoms with Crippen LogP contribution in [0.3, 0.4) is 0 Å². The molecule has 1 spiro atoms. The Morgan fingerprint density at radius 2 is 2.11 bits per heavy atom. The van der Waals surface area contributed by atoms with Gasteiger partial charge in [0, 0.05) is 31.8 Å². The maximum atomic E-state index is 11.4. The molecule has 1 saturated carbocycles. The van der Waals surface area contributed by atoms with Crippen molar-refractivity contribution in [2.75, 3.05) is 26.0 Å². The minimum Gasteiger partial charge on any atom is -0.373 e. The highest BCUT2D eigenvalue weighted by molar-refractivity contribution is 7.88. The van der Waals surface area contributed by atoms with Crippen molar-refractivity contribution in [2.45, 2.75) is 56.2 Å². The molecule has 6 heteroatoms. The molecule has 1 aliphatic carbocycles. The van der Waals surface area contributed by atoms with Crippen LogP contribution in [-0.2, 0) is 14.8 Å². The van der Waals surface area contributed by atoms with Gasteiger partial charge in [-0.05, 0) is 32.1 Å². The average molecular weight is 288 g/mol. The molecule has 110 valence electrons. The monoisotopic (exact) mass is 288 g/mol. The van der Waals surface area contributed by atoms with Crippen molar-refractivity contribution in [2.24, 2.45) is 0 Å². The van der Waals surface area contributed by atoms with E-state index in [2.05, 4.69) is 9.62 Å². The Morgan fingerprint density at radius 1 is 1.32 bits per heavy atom. The minimum atomic E-state index is -3.11. The van der Waals surface area contributed by atoms with Gasteiger partial charge in [0.1, 0.15) is 0 Å². The molecule has 0 aromatic rings. The lowest BCUT2D eigenvalue weighted by Gasteiger charge is -2.40. The van der Waals surface area contributed by atoms with Gasteiger partial charge >= 0.3 is 0 Å². The second-order valence-corrected chi connectivity index (χ2v) is 8.20. The van der Waals surface area contributed by atoms with E-state index in [0.717, 1.165) is 38.4 Å². The SMILES string of the molecule is CS(=O)(=O)N[C@H]1CCO[C@@]2(CCN(C3CCC3)C2)C1. The summed E-state index contributed by atoms with van der Waals surface area (Å²) in [6.07, 6.45) is 7.90. The van der Waals surface area contributed by atoms with E-state index < -0.39 is 10.0 Å². The lowest BCUT2D eigenvalue weighted by atomic mass is 9.89. The molecule has 0 unspecified atom stereocenters. The topological polar surface area (TPSA) is 58.6 Å². The van der Waals surface area contributed by atoms with E-state index in [1.165, 1.54) is 25.5 Å². The second kappa shape index (κ2) is 4.98. The molecule has 3 fully saturated rings. The van der Waals surface area contributed by atoms with Crippen molar-refractivity contribution >= 4 is 10.0 Å². The van der Waals surface area contributed by atoms with Gasteiger partial charge in [-0.2, -0.15) is 0 Å². The first-order valence-electron chi connectivity index (χ1n) is 7.31. The molecule has 0 radical (unpaired) electrons. The number of hydrogen-bond donors (Lipinski definition) is 1. The molecule has 2 aliphatic heterocycles. The molecule has 1 N–H and O–H groups in total. The Balaban J connectivity index is 1.61. The Hall–Kier alpha value is -0.170. The molecule has 19 heavy (non-hydrogen) atoms. The fourth-order valence-electron chi connectivity index (χ4n) is 3.65. The quantitative estimate of drug-likeness (QED) is 0.831. The summed E-state index contributed by atoms with van der Waals surface area (Å²) >= 11 is 0. The first kappa shape index (κ1) is 13.8. The zero-order valence-electron chi connectivity index (χ0n) is 11.6. The van der Waals surface area contributed by atoms with Gasteiger partial charge in [0.15, 0.2) is 0 Å². The normalized spacial score (nSPS) is 37.6. The maximum absolute atomic E-state index is 11.4. The Labute approximate surface area is 115 Å². The van der Waals surface area contributed by atoms with Crippen LogP contribution in [-0.4, -0.2) is 57.0 Å². The molecule has 5 nitrogen and oxygen atoms in total. The highest BCUT2D eigenvalue weighted by Gasteiger charge is 2.45. The van der Waals surface area contributed by atoms with Crippen molar-refractivity contribution in [3.63, 3.8) is 0 Å². The van der Waals surface area contributed by atoms with E-state index in [0.29, 0.717) is 6.61 Å². The largest absolute Gasteiger partial charge is 0.373 e. The van der Waals surface area contributed by atoms with Gasteiger partial charge in [-0.3, -0.25) is 4.90 Å². The van der Waals surface area contributed by atoms with E-state index in [1.54, 1.807) is 0 Å². The molecular formula is C13H24N2O3S. The van der Waals surface area contributed by atoms with E-state index in [-0.39, 0.29) is 11.6 Å². The predicted octanol–water partition coefficient (Wildman–Crippen LogP) is 0.712. The number of ether oxygens (including phenoxy) is 1. The van der Waals surface area contributed by atoms with Crippen molar-refractivity contribution in [3.8, 4) is 0 Å². The van der Waals surface area contributed by atoms with Gasteiger partial charge < -0.3 is 4.74 Å². The second-order valence-electron chi connectivity index (χ2n) is 6.42. The van der Waals surface area contributed by atoms with Gasteiger partial charge in [0.05, 0.1) is 11.9 Å². The summed E-state index contributed by atoms with van der Waals surface area (Å²) in [6, 6.07) is 0.802. The first-order chi connectivity index (χ1) is 8.96. The van der Waals surface area contributed by atoms with Crippen LogP contribution < -0.4 is 4.72 Å². The lowest BCUT2D eigenvalue weighted by molar-refractivity contribution is -0.0808. The van der Waals surface area contributed by atoms with Crippen molar-refractivity contribution in [1.82, 2.24) is 9.62 Å². The molecule has 3 rings (SSSR count). The van der Waals surface area contributed by atoms with Crippen LogP contribution in [0, 0.1) is 0 Å². The van der Waals surface area contributed by atoms with Crippen LogP contribution in [0.25, 0.3) is 0 Å². The Kier molecular flexibility index (Phi) is 3.62. The summed E-state index contributed by atoms with van der Waals surface area (Å²) < 4.78 is 31.5. The van der Waals surface area contributed by atoms with Gasteiger partial charge in [-0.1, -0.05) is 6.42 Å². The van der Waals surface area contributed by atoms with Crippen LogP contribution in [0.1, 0.15) is 38.5 Å². The van der Waals surface area contributed by atoms with Gasteiger partial charge in [0.2, 0.25) is 10.0 Å². The summed E-state index contributed by atoms with van der Waals surface area (Å²) in [4.78, 5) is 2.55. The summed E-state index contributed by atoms with van der Waals surface area (Å²) in [6.45, 7) is 2.77. The molecule has 2 heterocycles. The molecule has 2 saturated heterocycles. The van der Waals surface area contributed by atoms with E-state index in [1.807, 2.05) is 0 Å². The molecular weight excluding hydrogens is 264 g/mol. The van der Waals surface area contributed by atoms with Crippen LogP contribution >= 0.6 is 0 Å². The highest BCUT2D eigenvalue weighted by atomic mass is 32.2. The molecule has 0 bridgehead atoms. The van der Waals surface area contributed by atoms with Gasteiger partial charge in [-0.15, -0.1) is 0 Å². The highest BCUT2D eigenvalue weighted by Crippen LogP contribution is 2.38. The van der Waals surface area contributed by atoms with Crippen LogP contribution in [0.15, 0.2) is 0 Å². The van der Waals surface area contributed by atoms with E-state index in [9.17, 15) is 8.42 Å². The Morgan fingerprint density at radius 3 is 2.74 bits per heavy atom. The summed E-state index contributed by atoms with van der Waals surface area (Å²) in [7, 11) is -3.11. The molecule has 0 aromatic carbocycles. The molecule has 0 amide bonds. The number of rotatable bonds is 3. The summed E-state index contributed by atoms with van der Waals surface area (Å²) in [5, 5.41) is 0. The number of likely N-dealkylation sites (tertiary alicyclic amines) is 1. The predicted molar refractivity (Wildman–Crippen MR) is 73.5 cm³/mol. The zero-order valence-corrected chi connectivity index (χ0v) is 12.4. The maximum Gasteiger partial charge on any atom is 0.208 e. The van der Waals surface area contributed by atoms with Gasteiger partial charge in [-0.25, -0.2) is 13.1 Å². The Bertz CT molecular complexity index is 435. The third kappa shape index (κ3) is 3.12. The van der Waals surface area contributed by atoms with Crippen molar-refractivity contribution in [3.05, 3.63) is 0 Å². The lowest BCUT2D eigenvalue weighted by Crippen LogP contribution is -2.50. The summed E-state index contributed by atoms with van der Waals surface area (Å²) in [5.74, 6) is 0. The standard InChI is InChI=1S/C13H24N2O3S/c1-19(16,17)14-11-5-8-18-13(9-11)6-7-15(10-13)12-3-2-4-12/h11-12,14H,2-10H2,1H3/t11-,13-/m0/s1. The molecule has 3 aliphatic rings. The van der Waals surface area contributed by atoms with Crippen molar-refractivity contribution in [1.29, 1.82) is 0 Å². The van der Waals surface area contributed by atoms with Crippen molar-refractivity contribution < 1.29 is 13.2 Å². The third-order valence-electron chi connectivity index (χ3n) is 4.81. The van der Waals surface area contributed by atoms with Gasteiger partial charge in [0.25, 0.3) is 0 Å². The number of nitrogens with one attached hydrogen (secondary N) is 1. The smallest absolute Gasteiger partial charge is 0.208 e. The van der Waals surface area contributed by atoms with Crippen LogP contribution in [0.4, 0.5) is 0 Å². The van der Waals surface area contributed by atoms with Crippen LogP contribution in [0.5, 0.6) is 0 Å². The molecule has 2 atom stereocenters. The average Bonchev–Trinajstić information content (AvgIpc) is 2.56. The van der Waals surface area contributed by atoms with Crippen LogP contribution in [0.2, 0.25) is 0 Å². The number of sulfonamides is 1. The third-order valence-corrected chi connectivity index (χ3v) is 5.57. The fraction of sp³-hybridized carbons (Fsp3) is 1.00. The fourth-order valence-corrected chi connectivity index (χ4v) is 4.46. The number of nitrogens with zero attached hydrogens (tertiary/aromatic N) is 1.